The van der Waals surface area contributed by atoms with Gasteiger partial charge in [-0.2, -0.15) is 0 Å². The summed E-state index contributed by atoms with van der Waals surface area (Å²) in [5, 5.41) is 0. The number of carbonyl (C=O) groups is 1. The van der Waals surface area contributed by atoms with Crippen LogP contribution in [0.25, 0.3) is 0 Å². The Morgan fingerprint density at radius 1 is 1.40 bits per heavy atom. The number of hydrogen-bond donors (Lipinski definition) is 1. The molecule has 2 rings (SSSR count). The van der Waals surface area contributed by atoms with E-state index in [1.165, 1.54) is 0 Å². The highest BCUT2D eigenvalue weighted by Crippen LogP contribution is 2.26. The summed E-state index contributed by atoms with van der Waals surface area (Å²) >= 11 is 0. The van der Waals surface area contributed by atoms with E-state index in [4.69, 9.17) is 5.73 Å². The second-order valence-electron chi connectivity index (χ2n) is 5.43. The fourth-order valence-electron chi connectivity index (χ4n) is 2.71. The first-order chi connectivity index (χ1) is 9.49. The quantitative estimate of drug-likeness (QED) is 0.922. The molecule has 20 heavy (non-hydrogen) atoms. The lowest BCUT2D eigenvalue weighted by Crippen LogP contribution is -2.46. The summed E-state index contributed by atoms with van der Waals surface area (Å²) < 4.78 is 27.0. The van der Waals surface area contributed by atoms with Crippen LogP contribution < -0.4 is 5.73 Å². The number of hydrogen-bond acceptors (Lipinski definition) is 2. The maximum Gasteiger partial charge on any atom is 0.239 e. The van der Waals surface area contributed by atoms with Crippen LogP contribution in [0.4, 0.5) is 8.78 Å². The summed E-state index contributed by atoms with van der Waals surface area (Å²) in [6.45, 7) is 1.70. The van der Waals surface area contributed by atoms with Gasteiger partial charge in [0.15, 0.2) is 0 Å². The van der Waals surface area contributed by atoms with E-state index in [-0.39, 0.29) is 24.1 Å². The first-order valence-electron chi connectivity index (χ1n) is 6.99. The van der Waals surface area contributed by atoms with Crippen LogP contribution in [0.15, 0.2) is 18.2 Å². The van der Waals surface area contributed by atoms with Crippen molar-refractivity contribution in [2.45, 2.75) is 51.2 Å². The molecule has 1 atom stereocenters. The molecule has 1 amide bonds. The Kier molecular flexibility index (Phi) is 4.70. The lowest BCUT2D eigenvalue weighted by molar-refractivity contribution is -0.135. The first-order valence-corrected chi connectivity index (χ1v) is 6.99. The third-order valence-corrected chi connectivity index (χ3v) is 3.79. The van der Waals surface area contributed by atoms with Gasteiger partial charge in [0.2, 0.25) is 5.91 Å². The summed E-state index contributed by atoms with van der Waals surface area (Å²) in [6.07, 6.45) is 3.91. The van der Waals surface area contributed by atoms with Gasteiger partial charge in [-0.05, 0) is 38.0 Å². The fourth-order valence-corrected chi connectivity index (χ4v) is 2.71. The van der Waals surface area contributed by atoms with E-state index in [1.54, 1.807) is 11.8 Å². The zero-order valence-electron chi connectivity index (χ0n) is 11.6. The van der Waals surface area contributed by atoms with Crippen molar-refractivity contribution in [1.29, 1.82) is 0 Å². The van der Waals surface area contributed by atoms with Crippen LogP contribution in [0, 0.1) is 11.6 Å². The minimum absolute atomic E-state index is 0.0780. The largest absolute Gasteiger partial charge is 0.334 e. The number of nitrogens with two attached hydrogens (primary N) is 1. The van der Waals surface area contributed by atoms with Crippen LogP contribution in [0.1, 0.15) is 38.2 Å². The van der Waals surface area contributed by atoms with Crippen molar-refractivity contribution in [3.8, 4) is 0 Å². The molecule has 2 N–H and O–H groups in total. The average molecular weight is 282 g/mol. The fraction of sp³-hybridized carbons (Fsp3) is 0.533. The monoisotopic (exact) mass is 282 g/mol. The summed E-state index contributed by atoms with van der Waals surface area (Å²) in [5.41, 5.74) is 5.87. The van der Waals surface area contributed by atoms with Gasteiger partial charge in [-0.3, -0.25) is 4.79 Å². The highest BCUT2D eigenvalue weighted by atomic mass is 19.1. The van der Waals surface area contributed by atoms with E-state index in [0.717, 1.165) is 43.9 Å². The number of amides is 1. The van der Waals surface area contributed by atoms with Crippen molar-refractivity contribution in [3.05, 3.63) is 35.4 Å². The summed E-state index contributed by atoms with van der Waals surface area (Å²) in [5.74, 6) is -1.20. The van der Waals surface area contributed by atoms with Gasteiger partial charge in [0.1, 0.15) is 11.6 Å². The Morgan fingerprint density at radius 2 is 2.05 bits per heavy atom. The molecule has 0 aliphatic heterocycles. The van der Waals surface area contributed by atoms with Crippen LogP contribution in [0.3, 0.4) is 0 Å². The van der Waals surface area contributed by atoms with E-state index < -0.39 is 17.7 Å². The van der Waals surface area contributed by atoms with Gasteiger partial charge in [-0.25, -0.2) is 8.78 Å². The molecule has 1 aliphatic carbocycles. The Labute approximate surface area is 117 Å². The normalized spacial score (nSPS) is 17.2. The second kappa shape index (κ2) is 6.31. The number of carbonyl (C=O) groups excluding carboxylic acids is 1. The van der Waals surface area contributed by atoms with Gasteiger partial charge < -0.3 is 10.6 Å². The van der Waals surface area contributed by atoms with Crippen molar-refractivity contribution in [2.24, 2.45) is 5.73 Å². The summed E-state index contributed by atoms with van der Waals surface area (Å²) in [7, 11) is 0. The van der Waals surface area contributed by atoms with Gasteiger partial charge in [0.25, 0.3) is 0 Å². The van der Waals surface area contributed by atoms with E-state index in [1.807, 2.05) is 0 Å². The molecule has 3 nitrogen and oxygen atoms in total. The van der Waals surface area contributed by atoms with Crippen LogP contribution >= 0.6 is 0 Å². The summed E-state index contributed by atoms with van der Waals surface area (Å²) in [6, 6.07) is 2.76. The molecule has 0 saturated heterocycles. The third kappa shape index (κ3) is 3.33. The van der Waals surface area contributed by atoms with E-state index in [9.17, 15) is 13.6 Å². The topological polar surface area (TPSA) is 46.3 Å². The van der Waals surface area contributed by atoms with Crippen molar-refractivity contribution in [1.82, 2.24) is 4.90 Å². The number of benzene rings is 1. The van der Waals surface area contributed by atoms with E-state index >= 15 is 0 Å². The molecule has 1 aromatic rings. The van der Waals surface area contributed by atoms with E-state index in [2.05, 4.69) is 0 Å². The van der Waals surface area contributed by atoms with Gasteiger partial charge in [0.05, 0.1) is 6.04 Å². The highest BCUT2D eigenvalue weighted by molar-refractivity contribution is 5.81. The average Bonchev–Trinajstić information content (AvgIpc) is 2.92. The van der Waals surface area contributed by atoms with Crippen molar-refractivity contribution >= 4 is 5.91 Å². The zero-order chi connectivity index (χ0) is 14.7. The Balaban J connectivity index is 2.22. The van der Waals surface area contributed by atoms with Gasteiger partial charge in [0, 0.05) is 18.2 Å². The molecule has 1 aliphatic rings. The van der Waals surface area contributed by atoms with Crippen molar-refractivity contribution in [2.75, 3.05) is 0 Å². The SMILES string of the molecule is C[C@H](N)C(=O)N(Cc1cc(F)ccc1F)C1CCCC1. The smallest absolute Gasteiger partial charge is 0.239 e. The Morgan fingerprint density at radius 3 is 2.65 bits per heavy atom. The maximum absolute atomic E-state index is 13.7. The molecule has 0 unspecified atom stereocenters. The molecule has 5 heteroatoms. The minimum atomic E-state index is -0.632. The highest BCUT2D eigenvalue weighted by Gasteiger charge is 2.29. The van der Waals surface area contributed by atoms with Crippen molar-refractivity contribution < 1.29 is 13.6 Å². The van der Waals surface area contributed by atoms with Gasteiger partial charge >= 0.3 is 0 Å². The molecule has 0 heterocycles. The molecule has 1 fully saturated rings. The zero-order valence-corrected chi connectivity index (χ0v) is 11.6. The lowest BCUT2D eigenvalue weighted by atomic mass is 10.1. The molecule has 0 spiro atoms. The van der Waals surface area contributed by atoms with Gasteiger partial charge in [-0.15, -0.1) is 0 Å². The van der Waals surface area contributed by atoms with Crippen LogP contribution in [0.5, 0.6) is 0 Å². The summed E-state index contributed by atoms with van der Waals surface area (Å²) in [4.78, 5) is 13.8. The molecule has 0 radical (unpaired) electrons. The molecule has 0 bridgehead atoms. The number of nitrogens with zero attached hydrogens (tertiary/aromatic N) is 1. The molecule has 1 saturated carbocycles. The molecule has 0 aromatic heterocycles. The lowest BCUT2D eigenvalue weighted by Gasteiger charge is -2.30. The molecular formula is C15H20F2N2O. The van der Waals surface area contributed by atoms with Crippen LogP contribution in [0.2, 0.25) is 0 Å². The number of halogens is 2. The van der Waals surface area contributed by atoms with Crippen molar-refractivity contribution in [3.63, 3.8) is 0 Å². The molecule has 110 valence electrons. The number of rotatable bonds is 4. The standard InChI is InChI=1S/C15H20F2N2O/c1-10(18)15(20)19(13-4-2-3-5-13)9-11-8-12(16)6-7-14(11)17/h6-8,10,13H,2-5,9,18H2,1H3/t10-/m0/s1. The van der Waals surface area contributed by atoms with E-state index in [0.29, 0.717) is 0 Å². The third-order valence-electron chi connectivity index (χ3n) is 3.79. The predicted molar refractivity (Wildman–Crippen MR) is 72.8 cm³/mol. The molecular weight excluding hydrogens is 262 g/mol. The van der Waals surface area contributed by atoms with Crippen LogP contribution in [-0.4, -0.2) is 22.9 Å². The Bertz CT molecular complexity index is 485. The minimum Gasteiger partial charge on any atom is -0.334 e. The Hall–Kier alpha value is -1.49. The predicted octanol–water partition coefficient (Wildman–Crippen LogP) is 2.58. The van der Waals surface area contributed by atoms with Crippen LogP contribution in [-0.2, 0) is 11.3 Å². The van der Waals surface area contributed by atoms with Gasteiger partial charge in [-0.1, -0.05) is 12.8 Å². The first kappa shape index (κ1) is 14.9. The maximum atomic E-state index is 13.7. The second-order valence-corrected chi connectivity index (χ2v) is 5.43. The molecule has 1 aromatic carbocycles.